The van der Waals surface area contributed by atoms with E-state index in [4.69, 9.17) is 0 Å². The Balaban J connectivity index is 2.33. The Kier molecular flexibility index (Phi) is 3.52. The van der Waals surface area contributed by atoms with Crippen LogP contribution in [-0.4, -0.2) is 0 Å². The number of anilines is 1. The van der Waals surface area contributed by atoms with Gasteiger partial charge in [0.2, 0.25) is 0 Å². The van der Waals surface area contributed by atoms with E-state index in [1.165, 1.54) is 0 Å². The van der Waals surface area contributed by atoms with Gasteiger partial charge in [-0.1, -0.05) is 56.9 Å². The first kappa shape index (κ1) is 12.4. The van der Waals surface area contributed by atoms with Crippen molar-refractivity contribution < 1.29 is 0 Å². The third kappa shape index (κ3) is 2.80. The second-order valence-corrected chi connectivity index (χ2v) is 4.99. The van der Waals surface area contributed by atoms with Gasteiger partial charge in [0.1, 0.15) is 0 Å². The van der Waals surface area contributed by atoms with Crippen molar-refractivity contribution in [2.75, 3.05) is 4.90 Å². The summed E-state index contributed by atoms with van der Waals surface area (Å²) in [5, 5.41) is 0. The van der Waals surface area contributed by atoms with Gasteiger partial charge in [-0.15, -0.1) is 0 Å². The molecule has 0 unspecified atom stereocenters. The van der Waals surface area contributed by atoms with Crippen LogP contribution < -0.4 is 4.90 Å². The van der Waals surface area contributed by atoms with Gasteiger partial charge in [0.25, 0.3) is 0 Å². The van der Waals surface area contributed by atoms with E-state index in [-0.39, 0.29) is 5.41 Å². The standard InChI is InChI=1S/C17H19N/c1-4-18(15-9-6-5-7-10-15)16-11-8-13-17(2,3)14-12-16/h4-14H,1H2,2-3H3. The summed E-state index contributed by atoms with van der Waals surface area (Å²) in [4.78, 5) is 2.09. The SMILES string of the molecule is C=CN(C1=CC=CC(C)(C)C=C1)c1ccccc1. The molecule has 0 radical (unpaired) electrons. The minimum absolute atomic E-state index is 0.0990. The lowest BCUT2D eigenvalue weighted by atomic mass is 9.93. The average molecular weight is 237 g/mol. The molecule has 1 aromatic rings. The monoisotopic (exact) mass is 237 g/mol. The fourth-order valence-electron chi connectivity index (χ4n) is 1.92. The Bertz CT molecular complexity index is 504. The van der Waals surface area contributed by atoms with Gasteiger partial charge >= 0.3 is 0 Å². The minimum atomic E-state index is 0.0990. The van der Waals surface area contributed by atoms with Crippen LogP contribution in [-0.2, 0) is 0 Å². The third-order valence-electron chi connectivity index (χ3n) is 2.97. The number of rotatable bonds is 3. The Hall–Kier alpha value is -2.02. The zero-order valence-electron chi connectivity index (χ0n) is 11.0. The number of allylic oxidation sites excluding steroid dienone is 5. The maximum Gasteiger partial charge on any atom is 0.0455 e. The van der Waals surface area contributed by atoms with Crippen LogP contribution in [0.25, 0.3) is 0 Å². The molecule has 0 spiro atoms. The van der Waals surface area contributed by atoms with Crippen molar-refractivity contribution in [2.24, 2.45) is 5.41 Å². The zero-order chi connectivity index (χ0) is 13.0. The predicted molar refractivity (Wildman–Crippen MR) is 79.3 cm³/mol. The first-order chi connectivity index (χ1) is 8.62. The summed E-state index contributed by atoms with van der Waals surface area (Å²) in [5.74, 6) is 0. The molecule has 0 N–H and O–H groups in total. The number of hydrogen-bond acceptors (Lipinski definition) is 1. The van der Waals surface area contributed by atoms with E-state index in [1.54, 1.807) is 0 Å². The summed E-state index contributed by atoms with van der Waals surface area (Å²) in [7, 11) is 0. The maximum atomic E-state index is 3.91. The van der Waals surface area contributed by atoms with E-state index >= 15 is 0 Å². The predicted octanol–water partition coefficient (Wildman–Crippen LogP) is 4.67. The Labute approximate surface area is 109 Å². The molecule has 0 heterocycles. The molecule has 2 rings (SSSR count). The van der Waals surface area contributed by atoms with E-state index in [0.717, 1.165) is 11.4 Å². The highest BCUT2D eigenvalue weighted by molar-refractivity contribution is 5.58. The van der Waals surface area contributed by atoms with Crippen LogP contribution in [0.4, 0.5) is 5.69 Å². The van der Waals surface area contributed by atoms with Gasteiger partial charge in [0, 0.05) is 23.0 Å². The number of para-hydroxylation sites is 1. The van der Waals surface area contributed by atoms with Crippen LogP contribution in [0, 0.1) is 5.41 Å². The molecule has 1 aromatic carbocycles. The lowest BCUT2D eigenvalue weighted by molar-refractivity contribution is 0.627. The summed E-state index contributed by atoms with van der Waals surface area (Å²) in [6, 6.07) is 10.2. The van der Waals surface area contributed by atoms with Crippen molar-refractivity contribution in [2.45, 2.75) is 13.8 Å². The van der Waals surface area contributed by atoms with Crippen LogP contribution in [0.5, 0.6) is 0 Å². The zero-order valence-corrected chi connectivity index (χ0v) is 11.0. The van der Waals surface area contributed by atoms with Crippen molar-refractivity contribution in [1.29, 1.82) is 0 Å². The van der Waals surface area contributed by atoms with Crippen LogP contribution >= 0.6 is 0 Å². The third-order valence-corrected chi connectivity index (χ3v) is 2.97. The molecule has 18 heavy (non-hydrogen) atoms. The van der Waals surface area contributed by atoms with Crippen LogP contribution in [0.15, 0.2) is 79.2 Å². The van der Waals surface area contributed by atoms with Crippen LogP contribution in [0.2, 0.25) is 0 Å². The fraction of sp³-hybridized carbons (Fsp3) is 0.176. The Morgan fingerprint density at radius 2 is 1.83 bits per heavy atom. The van der Waals surface area contributed by atoms with Crippen LogP contribution in [0.1, 0.15) is 13.8 Å². The van der Waals surface area contributed by atoms with Crippen LogP contribution in [0.3, 0.4) is 0 Å². The molecular weight excluding hydrogens is 218 g/mol. The fourth-order valence-corrected chi connectivity index (χ4v) is 1.92. The topological polar surface area (TPSA) is 3.24 Å². The lowest BCUT2D eigenvalue weighted by Crippen LogP contribution is -2.13. The quantitative estimate of drug-likeness (QED) is 0.738. The van der Waals surface area contributed by atoms with Crippen molar-refractivity contribution in [3.8, 4) is 0 Å². The van der Waals surface area contributed by atoms with Gasteiger partial charge in [0.15, 0.2) is 0 Å². The van der Waals surface area contributed by atoms with Gasteiger partial charge < -0.3 is 4.90 Å². The summed E-state index contributed by atoms with van der Waals surface area (Å²) in [6.45, 7) is 8.29. The van der Waals surface area contributed by atoms with Crippen molar-refractivity contribution >= 4 is 5.69 Å². The molecule has 0 atom stereocenters. The summed E-state index contributed by atoms with van der Waals surface area (Å²) in [6.07, 6.45) is 12.6. The molecule has 1 heteroatoms. The molecule has 1 nitrogen and oxygen atoms in total. The van der Waals surface area contributed by atoms with E-state index < -0.39 is 0 Å². The van der Waals surface area contributed by atoms with E-state index in [9.17, 15) is 0 Å². The highest BCUT2D eigenvalue weighted by atomic mass is 15.1. The van der Waals surface area contributed by atoms with Crippen molar-refractivity contribution in [1.82, 2.24) is 0 Å². The highest BCUT2D eigenvalue weighted by Gasteiger charge is 2.13. The number of benzene rings is 1. The summed E-state index contributed by atoms with van der Waals surface area (Å²) >= 11 is 0. The molecule has 1 aliphatic carbocycles. The second-order valence-electron chi connectivity index (χ2n) is 4.99. The smallest absolute Gasteiger partial charge is 0.0455 e. The molecule has 92 valence electrons. The summed E-state index contributed by atoms with van der Waals surface area (Å²) in [5.41, 5.74) is 2.34. The highest BCUT2D eigenvalue weighted by Crippen LogP contribution is 2.26. The Morgan fingerprint density at radius 1 is 1.11 bits per heavy atom. The maximum absolute atomic E-state index is 3.91. The second kappa shape index (κ2) is 5.09. The molecule has 0 saturated carbocycles. The van der Waals surface area contributed by atoms with Gasteiger partial charge in [-0.2, -0.15) is 0 Å². The largest absolute Gasteiger partial charge is 0.318 e. The molecule has 1 aliphatic rings. The molecule has 0 amide bonds. The van der Waals surface area contributed by atoms with Gasteiger partial charge in [0.05, 0.1) is 0 Å². The van der Waals surface area contributed by atoms with Gasteiger partial charge in [-0.25, -0.2) is 0 Å². The number of hydrogen-bond donors (Lipinski definition) is 0. The molecule has 0 aliphatic heterocycles. The van der Waals surface area contributed by atoms with Crippen molar-refractivity contribution in [3.05, 3.63) is 79.2 Å². The lowest BCUT2D eigenvalue weighted by Gasteiger charge is -2.21. The molecular formula is C17H19N. The summed E-state index contributed by atoms with van der Waals surface area (Å²) < 4.78 is 0. The molecule has 0 fully saturated rings. The normalized spacial score (nSPS) is 16.9. The molecule has 0 bridgehead atoms. The Morgan fingerprint density at radius 3 is 2.50 bits per heavy atom. The van der Waals surface area contributed by atoms with E-state index in [0.29, 0.717) is 0 Å². The van der Waals surface area contributed by atoms with E-state index in [2.05, 4.69) is 67.8 Å². The minimum Gasteiger partial charge on any atom is -0.318 e. The average Bonchev–Trinajstić information content (AvgIpc) is 2.54. The number of nitrogens with zero attached hydrogens (tertiary/aromatic N) is 1. The first-order valence-electron chi connectivity index (χ1n) is 6.18. The van der Waals surface area contributed by atoms with Gasteiger partial charge in [-0.3, -0.25) is 0 Å². The molecule has 0 saturated heterocycles. The first-order valence-corrected chi connectivity index (χ1v) is 6.18. The van der Waals surface area contributed by atoms with E-state index in [1.807, 2.05) is 24.4 Å². The van der Waals surface area contributed by atoms with Gasteiger partial charge in [-0.05, 0) is 24.3 Å². The van der Waals surface area contributed by atoms with Crippen molar-refractivity contribution in [3.63, 3.8) is 0 Å². The molecule has 0 aromatic heterocycles.